The van der Waals surface area contributed by atoms with Crippen LogP contribution in [0.25, 0.3) is 22.3 Å². The molecule has 0 bridgehead atoms. The molecule has 0 radical (unpaired) electrons. The Bertz CT molecular complexity index is 1860. The van der Waals surface area contributed by atoms with Crippen molar-refractivity contribution in [2.45, 2.75) is 50.7 Å². The Hall–Kier alpha value is -4.79. The van der Waals surface area contributed by atoms with Gasteiger partial charge in [-0.3, -0.25) is 14.6 Å². The summed E-state index contributed by atoms with van der Waals surface area (Å²) in [6.45, 7) is 8.06. The van der Waals surface area contributed by atoms with E-state index in [1.54, 1.807) is 0 Å². The standard InChI is InChI=1S/C39H50N10O4/c40-36-34-35(28-8-11-32(12-9-28)53-31-6-2-1-3-7-31)44-49(37(34)43-26-42-36)30-5-4-16-48(25-30)38(50)29-10-13-33(41-23-29)46-17-14-27(15-18-46)24-45-19-21-47(22-20-45)39(51)52/h1-3,6-9,11-12,26-27,29-30,33,41H,4-5,10,13-25H2,(H,51,52)(H2,40,42,43)/t29?,30?,33-/m1/s1. The molecule has 53 heavy (non-hydrogen) atoms. The molecule has 14 heteroatoms. The molecule has 4 N–H and O–H groups in total. The number of anilines is 1. The number of piperidine rings is 3. The van der Waals surface area contributed by atoms with Crippen molar-refractivity contribution in [3.63, 3.8) is 0 Å². The summed E-state index contributed by atoms with van der Waals surface area (Å²) in [5.74, 6) is 2.72. The summed E-state index contributed by atoms with van der Waals surface area (Å²) in [5, 5.41) is 18.8. The highest BCUT2D eigenvalue weighted by atomic mass is 16.5. The molecule has 4 aliphatic rings. The van der Waals surface area contributed by atoms with Crippen molar-refractivity contribution in [3.8, 4) is 22.8 Å². The van der Waals surface area contributed by atoms with E-state index in [2.05, 4.69) is 25.1 Å². The first kappa shape index (κ1) is 35.3. The lowest BCUT2D eigenvalue weighted by atomic mass is 9.91. The van der Waals surface area contributed by atoms with Gasteiger partial charge in [-0.05, 0) is 93.9 Å². The van der Waals surface area contributed by atoms with E-state index < -0.39 is 6.09 Å². The molecule has 14 nitrogen and oxygen atoms in total. The molecule has 280 valence electrons. The van der Waals surface area contributed by atoms with Crippen LogP contribution >= 0.6 is 0 Å². The predicted octanol–water partition coefficient (Wildman–Crippen LogP) is 4.36. The first-order valence-electron chi connectivity index (χ1n) is 19.2. The van der Waals surface area contributed by atoms with Crippen LogP contribution in [-0.4, -0.2) is 128 Å². The van der Waals surface area contributed by atoms with E-state index in [0.717, 1.165) is 106 Å². The van der Waals surface area contributed by atoms with Crippen LogP contribution in [0.3, 0.4) is 0 Å². The molecular formula is C39H50N10O4. The average Bonchev–Trinajstić information content (AvgIpc) is 3.60. The summed E-state index contributed by atoms with van der Waals surface area (Å²) >= 11 is 0. The van der Waals surface area contributed by atoms with Crippen LogP contribution in [0, 0.1) is 11.8 Å². The molecule has 0 spiro atoms. The number of likely N-dealkylation sites (tertiary alicyclic amines) is 2. The summed E-state index contributed by atoms with van der Waals surface area (Å²) in [6.07, 6.45) is 6.94. The van der Waals surface area contributed by atoms with Gasteiger partial charge in [0.25, 0.3) is 0 Å². The van der Waals surface area contributed by atoms with Gasteiger partial charge >= 0.3 is 6.09 Å². The van der Waals surface area contributed by atoms with Crippen molar-refractivity contribution in [2.24, 2.45) is 11.8 Å². The fourth-order valence-corrected chi connectivity index (χ4v) is 8.67. The number of carboxylic acid groups (broad SMARTS) is 1. The number of hydrogen-bond donors (Lipinski definition) is 3. The molecule has 2 amide bonds. The number of amides is 2. The fourth-order valence-electron chi connectivity index (χ4n) is 8.67. The molecule has 6 heterocycles. The van der Waals surface area contributed by atoms with Crippen LogP contribution in [0.1, 0.15) is 44.6 Å². The number of para-hydroxylation sites is 1. The minimum Gasteiger partial charge on any atom is -0.465 e. The van der Waals surface area contributed by atoms with E-state index in [4.69, 9.17) is 15.6 Å². The Kier molecular flexibility index (Phi) is 10.4. The number of benzene rings is 2. The van der Waals surface area contributed by atoms with Gasteiger partial charge in [0.15, 0.2) is 5.65 Å². The van der Waals surface area contributed by atoms with Crippen LogP contribution in [0.4, 0.5) is 10.6 Å². The first-order valence-corrected chi connectivity index (χ1v) is 19.2. The molecule has 4 saturated heterocycles. The highest BCUT2D eigenvalue weighted by Gasteiger charge is 2.36. The van der Waals surface area contributed by atoms with Crippen LogP contribution in [0.2, 0.25) is 0 Å². The van der Waals surface area contributed by atoms with E-state index in [1.165, 1.54) is 11.2 Å². The summed E-state index contributed by atoms with van der Waals surface area (Å²) in [7, 11) is 0. The van der Waals surface area contributed by atoms with E-state index in [-0.39, 0.29) is 17.9 Å². The molecule has 0 saturated carbocycles. The maximum Gasteiger partial charge on any atom is 0.407 e. The van der Waals surface area contributed by atoms with Gasteiger partial charge < -0.3 is 30.7 Å². The number of ether oxygens (including phenoxy) is 1. The van der Waals surface area contributed by atoms with Gasteiger partial charge in [0, 0.05) is 57.9 Å². The molecule has 2 aromatic carbocycles. The second-order valence-corrected chi connectivity index (χ2v) is 15.0. The number of aromatic nitrogens is 4. The Balaban J connectivity index is 0.860. The zero-order chi connectivity index (χ0) is 36.3. The van der Waals surface area contributed by atoms with Crippen LogP contribution in [0.15, 0.2) is 60.9 Å². The third-order valence-electron chi connectivity index (χ3n) is 11.7. The number of nitrogens with one attached hydrogen (secondary N) is 1. The average molecular weight is 723 g/mol. The SMILES string of the molecule is Nc1ncnc2c1c(-c1ccc(Oc3ccccc3)cc1)nn2C1CCCN(C(=O)C2CC[C@@H](N3CCC(CN4CCN(C(=O)O)CC4)CC3)NC2)C1. The fraction of sp³-hybridized carbons (Fsp3) is 0.513. The number of nitrogens with zero attached hydrogens (tertiary/aromatic N) is 8. The maximum atomic E-state index is 14.0. The quantitative estimate of drug-likeness (QED) is 0.237. The maximum absolute atomic E-state index is 14.0. The summed E-state index contributed by atoms with van der Waals surface area (Å²) in [6, 6.07) is 17.5. The summed E-state index contributed by atoms with van der Waals surface area (Å²) in [4.78, 5) is 42.7. The van der Waals surface area contributed by atoms with Crippen molar-refractivity contribution in [1.82, 2.24) is 44.7 Å². The van der Waals surface area contributed by atoms with Crippen molar-refractivity contribution < 1.29 is 19.4 Å². The second kappa shape index (κ2) is 15.7. The third-order valence-corrected chi connectivity index (χ3v) is 11.7. The van der Waals surface area contributed by atoms with E-state index >= 15 is 0 Å². The van der Waals surface area contributed by atoms with Gasteiger partial charge in [-0.25, -0.2) is 19.4 Å². The van der Waals surface area contributed by atoms with Crippen LogP contribution in [-0.2, 0) is 4.79 Å². The second-order valence-electron chi connectivity index (χ2n) is 15.0. The van der Waals surface area contributed by atoms with E-state index in [0.29, 0.717) is 49.7 Å². The van der Waals surface area contributed by atoms with Crippen molar-refractivity contribution >= 4 is 28.9 Å². The predicted molar refractivity (Wildman–Crippen MR) is 201 cm³/mol. The van der Waals surface area contributed by atoms with Gasteiger partial charge in [-0.2, -0.15) is 5.10 Å². The minimum atomic E-state index is -0.811. The first-order chi connectivity index (χ1) is 25.9. The lowest BCUT2D eigenvalue weighted by Gasteiger charge is -2.43. The molecule has 3 atom stereocenters. The van der Waals surface area contributed by atoms with E-state index in [9.17, 15) is 14.7 Å². The van der Waals surface area contributed by atoms with Crippen LogP contribution < -0.4 is 15.8 Å². The number of hydrogen-bond acceptors (Lipinski definition) is 10. The van der Waals surface area contributed by atoms with Gasteiger partial charge in [-0.1, -0.05) is 18.2 Å². The van der Waals surface area contributed by atoms with Crippen molar-refractivity contribution in [2.75, 3.05) is 71.2 Å². The van der Waals surface area contributed by atoms with Gasteiger partial charge in [-0.15, -0.1) is 0 Å². The highest BCUT2D eigenvalue weighted by molar-refractivity contribution is 5.98. The monoisotopic (exact) mass is 722 g/mol. The highest BCUT2D eigenvalue weighted by Crippen LogP contribution is 2.35. The number of carbonyl (C=O) groups excluding carboxylic acids is 1. The number of nitrogens with two attached hydrogens (primary N) is 1. The van der Waals surface area contributed by atoms with E-state index in [1.807, 2.05) is 64.2 Å². The van der Waals surface area contributed by atoms with Crippen molar-refractivity contribution in [1.29, 1.82) is 0 Å². The topological polar surface area (TPSA) is 158 Å². The number of carbonyl (C=O) groups is 2. The molecule has 4 aromatic rings. The normalized spacial score (nSPS) is 23.7. The smallest absolute Gasteiger partial charge is 0.407 e. The summed E-state index contributed by atoms with van der Waals surface area (Å²) in [5.41, 5.74) is 8.74. The largest absolute Gasteiger partial charge is 0.465 e. The Labute approximate surface area is 309 Å². The summed E-state index contributed by atoms with van der Waals surface area (Å²) < 4.78 is 7.97. The zero-order valence-corrected chi connectivity index (χ0v) is 30.2. The molecule has 2 unspecified atom stereocenters. The Morgan fingerprint density at radius 1 is 0.849 bits per heavy atom. The van der Waals surface area contributed by atoms with Crippen LogP contribution in [0.5, 0.6) is 11.5 Å². The zero-order valence-electron chi connectivity index (χ0n) is 30.2. The Morgan fingerprint density at radius 2 is 1.60 bits per heavy atom. The number of rotatable bonds is 8. The molecule has 4 fully saturated rings. The van der Waals surface area contributed by atoms with Gasteiger partial charge in [0.05, 0.1) is 23.5 Å². The molecule has 2 aromatic heterocycles. The Morgan fingerprint density at radius 3 is 2.32 bits per heavy atom. The lowest BCUT2D eigenvalue weighted by Crippen LogP contribution is -2.56. The van der Waals surface area contributed by atoms with Gasteiger partial charge in [0.1, 0.15) is 29.3 Å². The number of piperazine rings is 1. The third kappa shape index (κ3) is 7.80. The molecule has 8 rings (SSSR count). The number of fused-ring (bicyclic) bond motifs is 1. The lowest BCUT2D eigenvalue weighted by molar-refractivity contribution is -0.138. The minimum absolute atomic E-state index is 0.0226. The van der Waals surface area contributed by atoms with Gasteiger partial charge in [0.2, 0.25) is 5.91 Å². The number of nitrogen functional groups attached to an aromatic ring is 1. The van der Waals surface area contributed by atoms with Crippen molar-refractivity contribution in [3.05, 3.63) is 60.9 Å². The molecule has 0 aliphatic carbocycles. The molecular weight excluding hydrogens is 672 g/mol. The molecule has 4 aliphatic heterocycles.